The van der Waals surface area contributed by atoms with Crippen molar-refractivity contribution in [3.63, 3.8) is 0 Å². The fraction of sp³-hybridized carbons (Fsp3) is 0.0690. The molecular weight excluding hydrogens is 364 g/mol. The summed E-state index contributed by atoms with van der Waals surface area (Å²) in [7, 11) is 0. The normalized spacial score (nSPS) is 11.6. The molecule has 0 bridgehead atoms. The van der Waals surface area contributed by atoms with Crippen LogP contribution in [0.2, 0.25) is 0 Å². The molecular formula is C29H24O. The van der Waals surface area contributed by atoms with E-state index in [1.54, 1.807) is 0 Å². The Morgan fingerprint density at radius 2 is 0.867 bits per heavy atom. The van der Waals surface area contributed by atoms with Crippen LogP contribution in [0.25, 0.3) is 11.1 Å². The topological polar surface area (TPSA) is 17.1 Å². The number of hydrogen-bond donors (Lipinski definition) is 0. The first-order chi connectivity index (χ1) is 14.8. The van der Waals surface area contributed by atoms with Crippen molar-refractivity contribution in [2.45, 2.75) is 12.8 Å². The predicted octanol–water partition coefficient (Wildman–Crippen LogP) is 6.65. The minimum absolute atomic E-state index is 0.141. The molecule has 0 unspecified atom stereocenters. The molecule has 4 aromatic carbocycles. The molecule has 0 N–H and O–H groups in total. The lowest BCUT2D eigenvalue weighted by Gasteiger charge is -2.17. The highest BCUT2D eigenvalue weighted by Gasteiger charge is 2.19. The maximum atomic E-state index is 13.7. The van der Waals surface area contributed by atoms with Gasteiger partial charge >= 0.3 is 0 Å². The Kier molecular flexibility index (Phi) is 6.31. The second kappa shape index (κ2) is 9.67. The molecule has 0 fully saturated rings. The highest BCUT2D eigenvalue weighted by atomic mass is 16.1. The van der Waals surface area contributed by atoms with Crippen LogP contribution >= 0.6 is 0 Å². The molecule has 1 nitrogen and oxygen atoms in total. The van der Waals surface area contributed by atoms with Crippen molar-refractivity contribution in [1.82, 2.24) is 0 Å². The number of benzene rings is 4. The highest BCUT2D eigenvalue weighted by Crippen LogP contribution is 2.31. The molecule has 0 aliphatic rings. The van der Waals surface area contributed by atoms with E-state index >= 15 is 0 Å². The summed E-state index contributed by atoms with van der Waals surface area (Å²) in [6.45, 7) is 0. The zero-order valence-corrected chi connectivity index (χ0v) is 16.9. The van der Waals surface area contributed by atoms with E-state index in [2.05, 4.69) is 24.3 Å². The number of hydrogen-bond acceptors (Lipinski definition) is 1. The van der Waals surface area contributed by atoms with Gasteiger partial charge in [-0.25, -0.2) is 0 Å². The summed E-state index contributed by atoms with van der Waals surface area (Å²) in [5.41, 5.74) is 6.14. The van der Waals surface area contributed by atoms with Crippen LogP contribution in [0.4, 0.5) is 0 Å². The third-order valence-corrected chi connectivity index (χ3v) is 5.20. The number of Topliss-reactive ketones (excluding diaryl/α,β-unsaturated/α-hetero) is 1. The number of allylic oxidation sites excluding steroid dienone is 2. The van der Waals surface area contributed by atoms with E-state index in [9.17, 15) is 4.79 Å². The van der Waals surface area contributed by atoms with Gasteiger partial charge in [0.05, 0.1) is 0 Å². The molecule has 0 aliphatic carbocycles. The van der Waals surface area contributed by atoms with Crippen molar-refractivity contribution in [1.29, 1.82) is 0 Å². The quantitative estimate of drug-likeness (QED) is 0.256. The molecule has 0 heterocycles. The zero-order chi connectivity index (χ0) is 20.6. The first kappa shape index (κ1) is 19.6. The molecule has 0 atom stereocenters. The Balaban J connectivity index is 1.87. The summed E-state index contributed by atoms with van der Waals surface area (Å²) < 4.78 is 0. The monoisotopic (exact) mass is 388 g/mol. The van der Waals surface area contributed by atoms with Gasteiger partial charge in [-0.05, 0) is 34.2 Å². The fourth-order valence-corrected chi connectivity index (χ4v) is 3.75. The average molecular weight is 389 g/mol. The molecule has 0 spiro atoms. The van der Waals surface area contributed by atoms with Crippen LogP contribution in [0.15, 0.2) is 121 Å². The Bertz CT molecular complexity index is 1110. The summed E-state index contributed by atoms with van der Waals surface area (Å²) in [6.07, 6.45) is 1.09. The van der Waals surface area contributed by atoms with Crippen molar-refractivity contribution in [2.24, 2.45) is 0 Å². The number of carbonyl (C=O) groups is 1. The predicted molar refractivity (Wildman–Crippen MR) is 125 cm³/mol. The van der Waals surface area contributed by atoms with Gasteiger partial charge < -0.3 is 0 Å². The van der Waals surface area contributed by atoms with E-state index in [4.69, 9.17) is 0 Å². The average Bonchev–Trinajstić information content (AvgIpc) is 2.81. The standard InChI is InChI=1S/C29H24O/c30-28(22-24-15-7-2-8-16-24)29(26-19-11-4-12-20-26)27(25-17-9-3-10-18-25)21-23-13-5-1-6-14-23/h1-20H,21-22H2/b29-27+. The summed E-state index contributed by atoms with van der Waals surface area (Å²) in [4.78, 5) is 13.7. The number of rotatable bonds is 7. The Morgan fingerprint density at radius 1 is 0.467 bits per heavy atom. The van der Waals surface area contributed by atoms with Gasteiger partial charge in [0.2, 0.25) is 0 Å². The van der Waals surface area contributed by atoms with Gasteiger partial charge in [-0.15, -0.1) is 0 Å². The zero-order valence-electron chi connectivity index (χ0n) is 16.9. The molecule has 1 heteroatoms. The molecule has 0 saturated heterocycles. The van der Waals surface area contributed by atoms with Crippen LogP contribution in [0.3, 0.4) is 0 Å². The molecule has 4 rings (SSSR count). The van der Waals surface area contributed by atoms with Crippen molar-refractivity contribution in [3.05, 3.63) is 144 Å². The van der Waals surface area contributed by atoms with Gasteiger partial charge in [0.25, 0.3) is 0 Å². The molecule has 0 amide bonds. The highest BCUT2D eigenvalue weighted by molar-refractivity contribution is 6.28. The van der Waals surface area contributed by atoms with Crippen LogP contribution in [0.1, 0.15) is 22.3 Å². The van der Waals surface area contributed by atoms with Crippen molar-refractivity contribution < 1.29 is 4.79 Å². The minimum Gasteiger partial charge on any atom is -0.294 e. The maximum absolute atomic E-state index is 13.7. The molecule has 0 radical (unpaired) electrons. The lowest BCUT2D eigenvalue weighted by Crippen LogP contribution is -2.10. The van der Waals surface area contributed by atoms with E-state index in [-0.39, 0.29) is 5.78 Å². The first-order valence-corrected chi connectivity index (χ1v) is 10.3. The van der Waals surface area contributed by atoms with Crippen LogP contribution in [0, 0.1) is 0 Å². The lowest BCUT2D eigenvalue weighted by molar-refractivity contribution is -0.113. The van der Waals surface area contributed by atoms with Gasteiger partial charge in [-0.2, -0.15) is 0 Å². The molecule has 0 aliphatic heterocycles. The Morgan fingerprint density at radius 3 is 1.37 bits per heavy atom. The van der Waals surface area contributed by atoms with Gasteiger partial charge in [-0.3, -0.25) is 4.79 Å². The fourth-order valence-electron chi connectivity index (χ4n) is 3.75. The summed E-state index contributed by atoms with van der Waals surface area (Å²) in [6, 6.07) is 40.6. The molecule has 4 aromatic rings. The van der Waals surface area contributed by atoms with E-state index in [1.807, 2.05) is 97.1 Å². The van der Waals surface area contributed by atoms with Crippen molar-refractivity contribution in [3.8, 4) is 0 Å². The number of carbonyl (C=O) groups excluding carboxylic acids is 1. The SMILES string of the molecule is O=C(Cc1ccccc1)/C(=C(\Cc1ccccc1)c1ccccc1)c1ccccc1. The van der Waals surface area contributed by atoms with Gasteiger partial charge in [0, 0.05) is 12.0 Å². The van der Waals surface area contributed by atoms with Crippen LogP contribution in [-0.4, -0.2) is 5.78 Å². The first-order valence-electron chi connectivity index (χ1n) is 10.3. The van der Waals surface area contributed by atoms with Crippen molar-refractivity contribution >= 4 is 16.9 Å². The van der Waals surface area contributed by atoms with E-state index in [0.717, 1.165) is 27.8 Å². The van der Waals surface area contributed by atoms with Gasteiger partial charge in [-0.1, -0.05) is 121 Å². The third-order valence-electron chi connectivity index (χ3n) is 5.20. The smallest absolute Gasteiger partial charge is 0.168 e. The second-order valence-electron chi connectivity index (χ2n) is 7.33. The Labute approximate surface area is 178 Å². The Hall–Kier alpha value is -3.71. The molecule has 30 heavy (non-hydrogen) atoms. The summed E-state index contributed by atoms with van der Waals surface area (Å²) in [5, 5.41) is 0. The van der Waals surface area contributed by atoms with E-state index < -0.39 is 0 Å². The third kappa shape index (κ3) is 4.82. The second-order valence-corrected chi connectivity index (χ2v) is 7.33. The largest absolute Gasteiger partial charge is 0.294 e. The van der Waals surface area contributed by atoms with Gasteiger partial charge in [0.15, 0.2) is 5.78 Å². The lowest BCUT2D eigenvalue weighted by atomic mass is 9.86. The van der Waals surface area contributed by atoms with E-state index in [0.29, 0.717) is 12.8 Å². The van der Waals surface area contributed by atoms with Crippen LogP contribution < -0.4 is 0 Å². The maximum Gasteiger partial charge on any atom is 0.168 e. The minimum atomic E-state index is 0.141. The van der Waals surface area contributed by atoms with E-state index in [1.165, 1.54) is 5.56 Å². The summed E-state index contributed by atoms with van der Waals surface area (Å²) in [5.74, 6) is 0.141. The van der Waals surface area contributed by atoms with Crippen LogP contribution in [-0.2, 0) is 17.6 Å². The summed E-state index contributed by atoms with van der Waals surface area (Å²) >= 11 is 0. The van der Waals surface area contributed by atoms with Gasteiger partial charge in [0.1, 0.15) is 0 Å². The number of ketones is 1. The molecule has 146 valence electrons. The molecule has 0 aromatic heterocycles. The van der Waals surface area contributed by atoms with Crippen LogP contribution in [0.5, 0.6) is 0 Å². The van der Waals surface area contributed by atoms with Crippen molar-refractivity contribution in [2.75, 3.05) is 0 Å². The molecule has 0 saturated carbocycles.